The molecule has 1 amide bonds. The summed E-state index contributed by atoms with van der Waals surface area (Å²) in [7, 11) is -4.43. The van der Waals surface area contributed by atoms with Crippen molar-refractivity contribution in [3.8, 4) is 11.3 Å². The van der Waals surface area contributed by atoms with E-state index in [0.717, 1.165) is 12.5 Å². The number of benzene rings is 1. The smallest absolute Gasteiger partial charge is 0.269 e. The van der Waals surface area contributed by atoms with Gasteiger partial charge in [-0.25, -0.2) is 22.5 Å². The summed E-state index contributed by atoms with van der Waals surface area (Å²) >= 11 is 0. The fourth-order valence-corrected chi connectivity index (χ4v) is 5.23. The largest absolute Gasteiger partial charge is 0.351 e. The molecule has 3 heterocycles. The lowest BCUT2D eigenvalue weighted by molar-refractivity contribution is 0.0981. The van der Waals surface area contributed by atoms with Gasteiger partial charge in [-0.15, -0.1) is 0 Å². The van der Waals surface area contributed by atoms with Crippen LogP contribution in [0.1, 0.15) is 43.1 Å². The fraction of sp³-hybridized carbons (Fsp3) is 0.320. The molecule has 0 aliphatic carbocycles. The Hall–Kier alpha value is -3.53. The second kappa shape index (κ2) is 8.92. The summed E-state index contributed by atoms with van der Waals surface area (Å²) in [5, 5.41) is 0. The number of H-pyrrole nitrogens is 1. The van der Waals surface area contributed by atoms with Gasteiger partial charge in [0.2, 0.25) is 0 Å². The Kier molecular flexibility index (Phi) is 6.27. The van der Waals surface area contributed by atoms with Crippen LogP contribution in [-0.2, 0) is 10.0 Å². The molecule has 4 rings (SSSR count). The third-order valence-corrected chi connectivity index (χ3v) is 8.18. The van der Waals surface area contributed by atoms with Crippen molar-refractivity contribution in [2.75, 3.05) is 11.4 Å². The van der Waals surface area contributed by atoms with E-state index in [4.69, 9.17) is 4.98 Å². The molecule has 1 saturated heterocycles. The van der Waals surface area contributed by atoms with E-state index >= 15 is 0 Å². The molecule has 2 N–H and O–H groups in total. The van der Waals surface area contributed by atoms with E-state index in [1.807, 2.05) is 23.5 Å². The van der Waals surface area contributed by atoms with Gasteiger partial charge in [0.25, 0.3) is 21.5 Å². The number of carbonyl (C=O) groups is 1. The Morgan fingerprint density at radius 2 is 1.97 bits per heavy atom. The van der Waals surface area contributed by atoms with Gasteiger partial charge in [-0.1, -0.05) is 19.1 Å². The number of sulfonamides is 1. The Morgan fingerprint density at radius 3 is 2.60 bits per heavy atom. The average Bonchev–Trinajstić information content (AvgIpc) is 3.07. The lowest BCUT2D eigenvalue weighted by Crippen LogP contribution is -2.44. The van der Waals surface area contributed by atoms with Gasteiger partial charge in [0, 0.05) is 23.8 Å². The molecule has 1 unspecified atom stereocenters. The molecule has 2 aromatic heterocycles. The summed E-state index contributed by atoms with van der Waals surface area (Å²) in [6.07, 6.45) is 2.16. The molecule has 0 bridgehead atoms. The number of anilines is 1. The molecule has 1 aliphatic rings. The van der Waals surface area contributed by atoms with Crippen LogP contribution in [0.2, 0.25) is 0 Å². The number of halogens is 1. The van der Waals surface area contributed by atoms with Gasteiger partial charge >= 0.3 is 0 Å². The number of aryl methyl sites for hydroxylation is 1. The number of amides is 1. The molecule has 0 saturated carbocycles. The van der Waals surface area contributed by atoms with Crippen molar-refractivity contribution in [2.24, 2.45) is 5.92 Å². The third kappa shape index (κ3) is 4.58. The van der Waals surface area contributed by atoms with E-state index < -0.39 is 26.4 Å². The molecule has 1 atom stereocenters. The van der Waals surface area contributed by atoms with Crippen molar-refractivity contribution < 1.29 is 17.6 Å². The van der Waals surface area contributed by atoms with E-state index in [2.05, 4.69) is 11.9 Å². The molecule has 0 spiro atoms. The SMILES string of the molecule is Cc1ccc(-c2ccc(C(=O)NS(=O)(=O)c3ccc[nH]c3=O)c(N3CCC(C)C3(C)C)n2)cc1F. The lowest BCUT2D eigenvalue weighted by Gasteiger charge is -2.36. The highest BCUT2D eigenvalue weighted by Gasteiger charge is 2.41. The monoisotopic (exact) mass is 498 g/mol. The molecule has 0 radical (unpaired) electrons. The van der Waals surface area contributed by atoms with Crippen LogP contribution in [0.4, 0.5) is 10.2 Å². The number of carbonyl (C=O) groups excluding carboxylic acids is 1. The Morgan fingerprint density at radius 1 is 1.23 bits per heavy atom. The zero-order chi connectivity index (χ0) is 25.5. The summed E-state index contributed by atoms with van der Waals surface area (Å²) in [6, 6.07) is 10.3. The summed E-state index contributed by atoms with van der Waals surface area (Å²) in [5.74, 6) is -0.700. The zero-order valence-corrected chi connectivity index (χ0v) is 20.7. The summed E-state index contributed by atoms with van der Waals surface area (Å²) < 4.78 is 41.8. The minimum absolute atomic E-state index is 0.0412. The first-order valence-electron chi connectivity index (χ1n) is 11.2. The minimum atomic E-state index is -4.43. The van der Waals surface area contributed by atoms with Crippen molar-refractivity contribution in [1.29, 1.82) is 0 Å². The number of pyridine rings is 2. The molecule has 3 aromatic rings. The number of hydrogen-bond acceptors (Lipinski definition) is 6. The predicted octanol–water partition coefficient (Wildman–Crippen LogP) is 3.63. The summed E-state index contributed by atoms with van der Waals surface area (Å²) in [6.45, 7) is 8.44. The van der Waals surface area contributed by atoms with Crippen LogP contribution >= 0.6 is 0 Å². The van der Waals surface area contributed by atoms with E-state index in [1.54, 1.807) is 25.1 Å². The summed E-state index contributed by atoms with van der Waals surface area (Å²) in [5.41, 5.74) is 0.328. The third-order valence-electron chi connectivity index (χ3n) is 6.83. The number of nitrogens with zero attached hydrogens (tertiary/aromatic N) is 2. The normalized spacial score (nSPS) is 17.4. The predicted molar refractivity (Wildman–Crippen MR) is 131 cm³/mol. The van der Waals surface area contributed by atoms with Gasteiger partial charge in [0.15, 0.2) is 4.90 Å². The first-order chi connectivity index (χ1) is 16.4. The molecule has 8 nitrogen and oxygen atoms in total. The lowest BCUT2D eigenvalue weighted by atomic mass is 9.90. The fourth-order valence-electron chi connectivity index (χ4n) is 4.20. The van der Waals surface area contributed by atoms with Crippen LogP contribution in [0.25, 0.3) is 11.3 Å². The van der Waals surface area contributed by atoms with Gasteiger partial charge in [-0.2, -0.15) is 0 Å². The van der Waals surface area contributed by atoms with Crippen LogP contribution in [0.15, 0.2) is 58.4 Å². The quantitative estimate of drug-likeness (QED) is 0.556. The van der Waals surface area contributed by atoms with E-state index in [0.29, 0.717) is 29.2 Å². The standard InChI is InChI=1S/C25H27FN4O4S/c1-15-7-8-17(14-19(15)26)20-10-9-18(22(28-20)30-13-11-16(2)25(30,3)4)23(31)29-35(33,34)21-6-5-12-27-24(21)32/h5-10,12,14,16H,11,13H2,1-4H3,(H,27,32)(H,29,31). The topological polar surface area (TPSA) is 112 Å². The molecule has 1 aromatic carbocycles. The summed E-state index contributed by atoms with van der Waals surface area (Å²) in [4.78, 5) is 33.6. The molecule has 10 heteroatoms. The minimum Gasteiger partial charge on any atom is -0.351 e. The molecular weight excluding hydrogens is 471 g/mol. The average molecular weight is 499 g/mol. The van der Waals surface area contributed by atoms with Crippen molar-refractivity contribution in [3.63, 3.8) is 0 Å². The van der Waals surface area contributed by atoms with Crippen molar-refractivity contribution in [1.82, 2.24) is 14.7 Å². The highest BCUT2D eigenvalue weighted by atomic mass is 32.2. The highest BCUT2D eigenvalue weighted by Crippen LogP contribution is 2.39. The van der Waals surface area contributed by atoms with E-state index in [-0.39, 0.29) is 22.8 Å². The number of nitrogens with one attached hydrogen (secondary N) is 2. The van der Waals surface area contributed by atoms with Crippen molar-refractivity contribution in [2.45, 2.75) is 44.6 Å². The Balaban J connectivity index is 1.80. The number of aromatic amines is 1. The van der Waals surface area contributed by atoms with Gasteiger partial charge < -0.3 is 9.88 Å². The van der Waals surface area contributed by atoms with Gasteiger partial charge in [-0.3, -0.25) is 9.59 Å². The second-order valence-corrected chi connectivity index (χ2v) is 11.0. The zero-order valence-electron chi connectivity index (χ0n) is 19.9. The first kappa shape index (κ1) is 24.6. The van der Waals surface area contributed by atoms with Gasteiger partial charge in [-0.05, 0) is 69.0 Å². The first-order valence-corrected chi connectivity index (χ1v) is 12.7. The maximum atomic E-state index is 14.2. The highest BCUT2D eigenvalue weighted by molar-refractivity contribution is 7.90. The molecule has 184 valence electrons. The molecule has 35 heavy (non-hydrogen) atoms. The number of hydrogen-bond donors (Lipinski definition) is 2. The van der Waals surface area contributed by atoms with E-state index in [9.17, 15) is 22.4 Å². The van der Waals surface area contributed by atoms with Crippen molar-refractivity contribution in [3.05, 3.63) is 76.0 Å². The van der Waals surface area contributed by atoms with Crippen LogP contribution < -0.4 is 15.2 Å². The van der Waals surface area contributed by atoms with E-state index in [1.165, 1.54) is 24.4 Å². The maximum Gasteiger partial charge on any atom is 0.269 e. The maximum absolute atomic E-state index is 14.2. The number of aromatic nitrogens is 2. The van der Waals surface area contributed by atoms with Gasteiger partial charge in [0.05, 0.1) is 11.3 Å². The molecule has 1 aliphatic heterocycles. The Labute approximate surface area is 203 Å². The molecule has 1 fully saturated rings. The van der Waals surface area contributed by atoms with Crippen LogP contribution in [0.3, 0.4) is 0 Å². The Bertz CT molecular complexity index is 1470. The van der Waals surface area contributed by atoms with Crippen molar-refractivity contribution >= 4 is 21.7 Å². The number of rotatable bonds is 5. The van der Waals surface area contributed by atoms with Crippen LogP contribution in [-0.4, -0.2) is 36.4 Å². The second-order valence-electron chi connectivity index (χ2n) is 9.32. The van der Waals surface area contributed by atoms with Crippen LogP contribution in [0.5, 0.6) is 0 Å². The van der Waals surface area contributed by atoms with Gasteiger partial charge in [0.1, 0.15) is 11.6 Å². The van der Waals surface area contributed by atoms with Crippen LogP contribution in [0, 0.1) is 18.7 Å². The molecular formula is C25H27FN4O4S.